The van der Waals surface area contributed by atoms with E-state index in [0.29, 0.717) is 0 Å². The first-order valence-corrected chi connectivity index (χ1v) is 9.11. The van der Waals surface area contributed by atoms with E-state index in [2.05, 4.69) is 5.32 Å². The molecule has 1 N–H and O–H groups in total. The molecule has 0 spiro atoms. The first-order valence-electron chi connectivity index (χ1n) is 7.67. The number of benzene rings is 2. The Morgan fingerprint density at radius 2 is 1.65 bits per heavy atom. The third kappa shape index (κ3) is 5.06. The van der Waals surface area contributed by atoms with Gasteiger partial charge in [0.25, 0.3) is 0 Å². The van der Waals surface area contributed by atoms with Crippen LogP contribution in [-0.2, 0) is 14.8 Å². The zero-order chi connectivity index (χ0) is 19.3. The van der Waals surface area contributed by atoms with E-state index in [1.54, 1.807) is 0 Å². The lowest BCUT2D eigenvalue weighted by atomic mass is 10.2. The molecular formula is C17H17F3N2O3S. The highest BCUT2D eigenvalue weighted by atomic mass is 32.2. The van der Waals surface area contributed by atoms with E-state index >= 15 is 0 Å². The van der Waals surface area contributed by atoms with Crippen LogP contribution >= 0.6 is 0 Å². The monoisotopic (exact) mass is 386 g/mol. The Morgan fingerprint density at radius 3 is 2.31 bits per heavy atom. The van der Waals surface area contributed by atoms with Crippen molar-refractivity contribution in [2.75, 3.05) is 18.9 Å². The first-order chi connectivity index (χ1) is 12.2. The van der Waals surface area contributed by atoms with Crippen molar-refractivity contribution in [1.29, 1.82) is 0 Å². The number of nitrogens with zero attached hydrogens (tertiary/aromatic N) is 1. The van der Waals surface area contributed by atoms with E-state index in [0.717, 1.165) is 46.8 Å². The maximum atomic E-state index is 13.5. The molecular weight excluding hydrogens is 369 g/mol. The summed E-state index contributed by atoms with van der Waals surface area (Å²) in [7, 11) is -2.46. The van der Waals surface area contributed by atoms with Crippen LogP contribution in [0.2, 0.25) is 0 Å². The van der Waals surface area contributed by atoms with Gasteiger partial charge in [0, 0.05) is 26.1 Å². The van der Waals surface area contributed by atoms with E-state index in [-0.39, 0.29) is 30.0 Å². The third-order valence-electron chi connectivity index (χ3n) is 3.60. The van der Waals surface area contributed by atoms with Crippen molar-refractivity contribution in [2.24, 2.45) is 0 Å². The SMILES string of the molecule is CN(CCCC(=O)Nc1cc(F)ccc1F)S(=O)(=O)c1ccc(F)cc1. The molecule has 0 atom stereocenters. The molecule has 0 fully saturated rings. The van der Waals surface area contributed by atoms with Crippen molar-refractivity contribution < 1.29 is 26.4 Å². The van der Waals surface area contributed by atoms with E-state index in [1.165, 1.54) is 7.05 Å². The summed E-state index contributed by atoms with van der Waals surface area (Å²) in [4.78, 5) is 11.7. The van der Waals surface area contributed by atoms with Crippen LogP contribution in [0.25, 0.3) is 0 Å². The number of amides is 1. The summed E-state index contributed by atoms with van der Waals surface area (Å²) in [5.41, 5.74) is -0.276. The van der Waals surface area contributed by atoms with Crippen molar-refractivity contribution in [1.82, 2.24) is 4.31 Å². The molecule has 0 saturated carbocycles. The van der Waals surface area contributed by atoms with Crippen LogP contribution in [0.3, 0.4) is 0 Å². The number of sulfonamides is 1. The number of hydrogen-bond acceptors (Lipinski definition) is 3. The van der Waals surface area contributed by atoms with Crippen LogP contribution in [0.1, 0.15) is 12.8 Å². The van der Waals surface area contributed by atoms with Crippen LogP contribution in [0.5, 0.6) is 0 Å². The van der Waals surface area contributed by atoms with Crippen molar-refractivity contribution in [2.45, 2.75) is 17.7 Å². The smallest absolute Gasteiger partial charge is 0.242 e. The topological polar surface area (TPSA) is 66.5 Å². The lowest BCUT2D eigenvalue weighted by molar-refractivity contribution is -0.116. The Bertz CT molecular complexity index is 887. The number of rotatable bonds is 7. The molecule has 0 radical (unpaired) electrons. The summed E-state index contributed by atoms with van der Waals surface area (Å²) < 4.78 is 65.1. The van der Waals surface area contributed by atoms with Gasteiger partial charge in [-0.1, -0.05) is 0 Å². The van der Waals surface area contributed by atoms with Gasteiger partial charge in [0.1, 0.15) is 17.5 Å². The summed E-state index contributed by atoms with van der Waals surface area (Å²) >= 11 is 0. The summed E-state index contributed by atoms with van der Waals surface area (Å²) in [6, 6.07) is 7.08. The summed E-state index contributed by atoms with van der Waals surface area (Å²) in [5, 5.41) is 2.24. The van der Waals surface area contributed by atoms with Crippen molar-refractivity contribution in [3.8, 4) is 0 Å². The second-order valence-corrected chi connectivity index (χ2v) is 7.60. The molecule has 0 heterocycles. The van der Waals surface area contributed by atoms with Gasteiger partial charge in [0.05, 0.1) is 10.6 Å². The third-order valence-corrected chi connectivity index (χ3v) is 5.47. The zero-order valence-corrected chi connectivity index (χ0v) is 14.7. The van der Waals surface area contributed by atoms with E-state index in [1.807, 2.05) is 0 Å². The number of carbonyl (C=O) groups excluding carboxylic acids is 1. The van der Waals surface area contributed by atoms with Gasteiger partial charge in [0.15, 0.2) is 0 Å². The van der Waals surface area contributed by atoms with Crippen molar-refractivity contribution in [3.63, 3.8) is 0 Å². The molecule has 0 aliphatic carbocycles. The van der Waals surface area contributed by atoms with Gasteiger partial charge in [-0.05, 0) is 42.8 Å². The molecule has 2 aromatic carbocycles. The molecule has 0 aliphatic heterocycles. The fourth-order valence-corrected chi connectivity index (χ4v) is 3.38. The zero-order valence-electron chi connectivity index (χ0n) is 13.9. The molecule has 5 nitrogen and oxygen atoms in total. The predicted octanol–water partition coefficient (Wildman–Crippen LogP) is 3.14. The molecule has 2 aromatic rings. The van der Waals surface area contributed by atoms with Crippen LogP contribution in [-0.4, -0.2) is 32.2 Å². The first kappa shape index (κ1) is 19.9. The molecule has 9 heteroatoms. The number of carbonyl (C=O) groups is 1. The molecule has 0 saturated heterocycles. The van der Waals surface area contributed by atoms with Gasteiger partial charge in [0.2, 0.25) is 15.9 Å². The second-order valence-electron chi connectivity index (χ2n) is 5.56. The lowest BCUT2D eigenvalue weighted by Crippen LogP contribution is -2.28. The van der Waals surface area contributed by atoms with E-state index in [9.17, 15) is 26.4 Å². The molecule has 0 unspecified atom stereocenters. The standard InChI is InChI=1S/C17H17F3N2O3S/c1-22(26(24,25)14-7-4-12(18)5-8-14)10-2-3-17(23)21-16-11-13(19)6-9-15(16)20/h4-9,11H,2-3,10H2,1H3,(H,21,23). The van der Waals surface area contributed by atoms with Gasteiger partial charge in [-0.25, -0.2) is 25.9 Å². The Hall–Kier alpha value is -2.39. The van der Waals surface area contributed by atoms with Gasteiger partial charge in [-0.2, -0.15) is 0 Å². The molecule has 0 bridgehead atoms. The average Bonchev–Trinajstić information content (AvgIpc) is 2.58. The molecule has 0 aliphatic rings. The molecule has 0 aromatic heterocycles. The fourth-order valence-electron chi connectivity index (χ4n) is 2.17. The molecule has 26 heavy (non-hydrogen) atoms. The fraction of sp³-hybridized carbons (Fsp3) is 0.235. The lowest BCUT2D eigenvalue weighted by Gasteiger charge is -2.17. The minimum absolute atomic E-state index is 0.0266. The number of halogens is 3. The normalized spacial score (nSPS) is 11.6. The summed E-state index contributed by atoms with van der Waals surface area (Å²) in [6.45, 7) is 0.0266. The van der Waals surface area contributed by atoms with E-state index < -0.39 is 33.4 Å². The quantitative estimate of drug-likeness (QED) is 0.795. The molecule has 140 valence electrons. The van der Waals surface area contributed by atoms with E-state index in [4.69, 9.17) is 0 Å². The minimum atomic E-state index is -3.80. The highest BCUT2D eigenvalue weighted by Gasteiger charge is 2.20. The van der Waals surface area contributed by atoms with Gasteiger partial charge in [-0.15, -0.1) is 0 Å². The van der Waals surface area contributed by atoms with Crippen molar-refractivity contribution in [3.05, 3.63) is 59.9 Å². The van der Waals surface area contributed by atoms with Crippen molar-refractivity contribution >= 4 is 21.6 Å². The second kappa shape index (κ2) is 8.33. The molecule has 1 amide bonds. The summed E-state index contributed by atoms with van der Waals surface area (Å²) in [5.74, 6) is -2.57. The maximum Gasteiger partial charge on any atom is 0.242 e. The Kier molecular flexibility index (Phi) is 6.38. The minimum Gasteiger partial charge on any atom is -0.324 e. The van der Waals surface area contributed by atoms with Gasteiger partial charge >= 0.3 is 0 Å². The van der Waals surface area contributed by atoms with Gasteiger partial charge in [-0.3, -0.25) is 4.79 Å². The number of nitrogens with one attached hydrogen (secondary N) is 1. The van der Waals surface area contributed by atoms with Crippen LogP contribution < -0.4 is 5.32 Å². The Morgan fingerprint density at radius 1 is 1.04 bits per heavy atom. The average molecular weight is 386 g/mol. The van der Waals surface area contributed by atoms with Crippen LogP contribution in [0.15, 0.2) is 47.4 Å². The maximum absolute atomic E-state index is 13.5. The Balaban J connectivity index is 1.89. The summed E-state index contributed by atoms with van der Waals surface area (Å²) in [6.07, 6.45) is 0.0823. The number of anilines is 1. The van der Waals surface area contributed by atoms with Crippen LogP contribution in [0.4, 0.5) is 18.9 Å². The highest BCUT2D eigenvalue weighted by Crippen LogP contribution is 2.17. The predicted molar refractivity (Wildman–Crippen MR) is 90.4 cm³/mol. The largest absolute Gasteiger partial charge is 0.324 e. The van der Waals surface area contributed by atoms with Crippen LogP contribution in [0, 0.1) is 17.5 Å². The Labute approximate surface area is 149 Å². The highest BCUT2D eigenvalue weighted by molar-refractivity contribution is 7.89. The molecule has 2 rings (SSSR count). The number of hydrogen-bond donors (Lipinski definition) is 1. The van der Waals surface area contributed by atoms with Gasteiger partial charge < -0.3 is 5.32 Å².